The zero-order valence-corrected chi connectivity index (χ0v) is 15.5. The van der Waals surface area contributed by atoms with Gasteiger partial charge in [0.15, 0.2) is 0 Å². The summed E-state index contributed by atoms with van der Waals surface area (Å²) >= 11 is 0. The molecule has 0 saturated carbocycles. The van der Waals surface area contributed by atoms with Crippen LogP contribution in [0.15, 0.2) is 79.1 Å². The van der Waals surface area contributed by atoms with E-state index in [1.807, 2.05) is 30.6 Å². The second-order valence-electron chi connectivity index (χ2n) is 6.97. The maximum absolute atomic E-state index is 10.9. The van der Waals surface area contributed by atoms with E-state index in [0.29, 0.717) is 0 Å². The van der Waals surface area contributed by atoms with Gasteiger partial charge in [-0.1, -0.05) is 30.3 Å². The highest BCUT2D eigenvalue weighted by molar-refractivity contribution is 5.51. The number of hydrogen-bond acceptors (Lipinski definition) is 5. The van der Waals surface area contributed by atoms with Gasteiger partial charge in [-0.3, -0.25) is 20.0 Å². The first-order chi connectivity index (χ1) is 13.7. The third kappa shape index (κ3) is 4.02. The van der Waals surface area contributed by atoms with Gasteiger partial charge < -0.3 is 4.90 Å². The molecule has 1 atom stereocenters. The van der Waals surface area contributed by atoms with Crippen LogP contribution in [0.25, 0.3) is 0 Å². The first-order valence-corrected chi connectivity index (χ1v) is 9.38. The van der Waals surface area contributed by atoms with E-state index in [0.717, 1.165) is 31.9 Å². The molecule has 28 heavy (non-hydrogen) atoms. The van der Waals surface area contributed by atoms with E-state index in [9.17, 15) is 10.1 Å². The molecule has 1 aliphatic heterocycles. The van der Waals surface area contributed by atoms with Gasteiger partial charge in [0, 0.05) is 56.4 Å². The highest BCUT2D eigenvalue weighted by atomic mass is 16.6. The summed E-state index contributed by atoms with van der Waals surface area (Å²) in [6.45, 7) is 3.51. The molecule has 1 aliphatic rings. The Labute approximate surface area is 164 Å². The first-order valence-electron chi connectivity index (χ1n) is 9.38. The van der Waals surface area contributed by atoms with E-state index in [2.05, 4.69) is 51.2 Å². The maximum atomic E-state index is 10.9. The number of pyridine rings is 1. The van der Waals surface area contributed by atoms with Crippen molar-refractivity contribution < 1.29 is 4.92 Å². The number of nitro benzene ring substituents is 1. The Morgan fingerprint density at radius 3 is 2.36 bits per heavy atom. The monoisotopic (exact) mass is 374 g/mol. The summed E-state index contributed by atoms with van der Waals surface area (Å²) in [5, 5.41) is 10.9. The van der Waals surface area contributed by atoms with Crippen molar-refractivity contribution in [3.8, 4) is 0 Å². The molecule has 0 N–H and O–H groups in total. The van der Waals surface area contributed by atoms with Crippen LogP contribution in [0, 0.1) is 10.1 Å². The number of hydrogen-bond donors (Lipinski definition) is 0. The molecule has 4 rings (SSSR count). The van der Waals surface area contributed by atoms with Crippen LogP contribution >= 0.6 is 0 Å². The van der Waals surface area contributed by atoms with Gasteiger partial charge in [0.2, 0.25) is 0 Å². The largest absolute Gasteiger partial charge is 0.368 e. The summed E-state index contributed by atoms with van der Waals surface area (Å²) in [6, 6.07) is 21.7. The summed E-state index contributed by atoms with van der Waals surface area (Å²) in [4.78, 5) is 19.5. The molecular formula is C22H22N4O2. The average molecular weight is 374 g/mol. The van der Waals surface area contributed by atoms with Crippen LogP contribution in [0.3, 0.4) is 0 Å². The quantitative estimate of drug-likeness (QED) is 0.498. The van der Waals surface area contributed by atoms with Gasteiger partial charge in [0.25, 0.3) is 5.69 Å². The van der Waals surface area contributed by atoms with Gasteiger partial charge in [0.1, 0.15) is 0 Å². The molecule has 142 valence electrons. The molecule has 0 spiro atoms. The van der Waals surface area contributed by atoms with Crippen molar-refractivity contribution >= 4 is 11.4 Å². The Morgan fingerprint density at radius 1 is 0.964 bits per heavy atom. The molecule has 0 bridgehead atoms. The van der Waals surface area contributed by atoms with Crippen molar-refractivity contribution in [1.82, 2.24) is 9.88 Å². The Hall–Kier alpha value is -3.25. The summed E-state index contributed by atoms with van der Waals surface area (Å²) < 4.78 is 0. The van der Waals surface area contributed by atoms with Gasteiger partial charge in [-0.25, -0.2) is 0 Å². The third-order valence-corrected chi connectivity index (χ3v) is 5.24. The highest BCUT2D eigenvalue weighted by Gasteiger charge is 2.28. The Bertz CT molecular complexity index is 916. The summed E-state index contributed by atoms with van der Waals surface area (Å²) in [5.41, 5.74) is 3.68. The minimum atomic E-state index is -0.358. The van der Waals surface area contributed by atoms with E-state index >= 15 is 0 Å². The van der Waals surface area contributed by atoms with Crippen molar-refractivity contribution in [3.05, 3.63) is 100 Å². The number of benzene rings is 2. The molecule has 1 aromatic heterocycles. The number of aromatic nitrogens is 1. The lowest BCUT2D eigenvalue weighted by atomic mass is 10.0. The standard InChI is InChI=1S/C22H22N4O2/c27-26(28)21-8-6-20(7-9-21)24-14-15-25(16-18-10-12-23-13-11-18)22(17-24)19-4-2-1-3-5-19/h1-13,22H,14-17H2. The molecule has 3 aromatic rings. The first kappa shape index (κ1) is 18.1. The predicted molar refractivity (Wildman–Crippen MR) is 109 cm³/mol. The average Bonchev–Trinajstić information content (AvgIpc) is 2.75. The van der Waals surface area contributed by atoms with Crippen molar-refractivity contribution in [2.45, 2.75) is 12.6 Å². The fraction of sp³-hybridized carbons (Fsp3) is 0.227. The fourth-order valence-electron chi connectivity index (χ4n) is 3.74. The molecule has 6 nitrogen and oxygen atoms in total. The normalized spacial score (nSPS) is 17.4. The molecule has 1 saturated heterocycles. The van der Waals surface area contributed by atoms with Gasteiger partial charge in [-0.15, -0.1) is 0 Å². The van der Waals surface area contributed by atoms with Gasteiger partial charge >= 0.3 is 0 Å². The molecule has 0 aliphatic carbocycles. The minimum Gasteiger partial charge on any atom is -0.368 e. The Kier molecular flexibility index (Phi) is 5.30. The Balaban J connectivity index is 1.57. The predicted octanol–water partition coefficient (Wildman–Crippen LogP) is 4.05. The van der Waals surface area contributed by atoms with Gasteiger partial charge in [-0.2, -0.15) is 0 Å². The number of anilines is 1. The van der Waals surface area contributed by atoms with Crippen molar-refractivity contribution in [1.29, 1.82) is 0 Å². The maximum Gasteiger partial charge on any atom is 0.269 e. The van der Waals surface area contributed by atoms with Crippen LogP contribution in [-0.2, 0) is 6.54 Å². The summed E-state index contributed by atoms with van der Waals surface area (Å²) in [7, 11) is 0. The lowest BCUT2D eigenvalue weighted by Gasteiger charge is -2.42. The van der Waals surface area contributed by atoms with E-state index in [1.165, 1.54) is 11.1 Å². The van der Waals surface area contributed by atoms with E-state index in [4.69, 9.17) is 0 Å². The van der Waals surface area contributed by atoms with Crippen LogP contribution in [0.1, 0.15) is 17.2 Å². The summed E-state index contributed by atoms with van der Waals surface area (Å²) in [6.07, 6.45) is 3.67. The molecule has 6 heteroatoms. The van der Waals surface area contributed by atoms with Crippen LogP contribution in [0.4, 0.5) is 11.4 Å². The van der Waals surface area contributed by atoms with Crippen LogP contribution < -0.4 is 4.90 Å². The van der Waals surface area contributed by atoms with Crippen molar-refractivity contribution in [3.63, 3.8) is 0 Å². The number of piperazine rings is 1. The van der Waals surface area contributed by atoms with Crippen LogP contribution in [0.5, 0.6) is 0 Å². The molecule has 2 aromatic carbocycles. The lowest BCUT2D eigenvalue weighted by Crippen LogP contribution is -2.48. The van der Waals surface area contributed by atoms with Gasteiger partial charge in [-0.05, 0) is 35.4 Å². The van der Waals surface area contributed by atoms with Crippen molar-refractivity contribution in [2.24, 2.45) is 0 Å². The smallest absolute Gasteiger partial charge is 0.269 e. The number of non-ortho nitro benzene ring substituents is 1. The van der Waals surface area contributed by atoms with E-state index in [-0.39, 0.29) is 16.7 Å². The van der Waals surface area contributed by atoms with E-state index < -0.39 is 0 Å². The Morgan fingerprint density at radius 2 is 1.68 bits per heavy atom. The SMILES string of the molecule is O=[N+]([O-])c1ccc(N2CCN(Cc3ccncc3)C(c3ccccc3)C2)cc1. The van der Waals surface area contributed by atoms with Crippen LogP contribution in [-0.4, -0.2) is 34.4 Å². The zero-order chi connectivity index (χ0) is 19.3. The summed E-state index contributed by atoms with van der Waals surface area (Å²) in [5.74, 6) is 0. The third-order valence-electron chi connectivity index (χ3n) is 5.24. The molecular weight excluding hydrogens is 352 g/mol. The second-order valence-corrected chi connectivity index (χ2v) is 6.97. The van der Waals surface area contributed by atoms with Crippen LogP contribution in [0.2, 0.25) is 0 Å². The molecule has 1 unspecified atom stereocenters. The number of rotatable bonds is 5. The number of nitro groups is 1. The molecule has 2 heterocycles. The van der Waals surface area contributed by atoms with Gasteiger partial charge in [0.05, 0.1) is 11.0 Å². The molecule has 1 fully saturated rings. The van der Waals surface area contributed by atoms with E-state index in [1.54, 1.807) is 12.1 Å². The molecule has 0 radical (unpaired) electrons. The fourth-order valence-corrected chi connectivity index (χ4v) is 3.74. The van der Waals surface area contributed by atoms with Crippen molar-refractivity contribution in [2.75, 3.05) is 24.5 Å². The second kappa shape index (κ2) is 8.19. The molecule has 0 amide bonds. The highest BCUT2D eigenvalue weighted by Crippen LogP contribution is 2.30. The minimum absolute atomic E-state index is 0.125. The zero-order valence-electron chi connectivity index (χ0n) is 15.5. The number of nitrogens with zero attached hydrogens (tertiary/aromatic N) is 4. The topological polar surface area (TPSA) is 62.5 Å². The lowest BCUT2D eigenvalue weighted by molar-refractivity contribution is -0.384.